The molecule has 0 aromatic carbocycles. The number of aromatic nitrogens is 1. The van der Waals surface area contributed by atoms with Gasteiger partial charge in [0.2, 0.25) is 11.8 Å². The van der Waals surface area contributed by atoms with Crippen LogP contribution in [-0.4, -0.2) is 41.6 Å². The number of hydrogen-bond donors (Lipinski definition) is 0. The Morgan fingerprint density at radius 3 is 3.08 bits per heavy atom. The van der Waals surface area contributed by atoms with E-state index >= 15 is 0 Å². The van der Waals surface area contributed by atoms with Crippen molar-refractivity contribution in [1.82, 2.24) is 9.88 Å². The molecule has 2 fully saturated rings. The number of ether oxygens (including phenoxy) is 1. The molecule has 5 nitrogen and oxygen atoms in total. The fraction of sp³-hybridized carbons (Fsp3) is 0.556. The third-order valence-corrected chi connectivity index (χ3v) is 5.65. The molecule has 1 aliphatic carbocycles. The second kappa shape index (κ2) is 6.69. The molecule has 1 saturated heterocycles. The Morgan fingerprint density at radius 2 is 2.33 bits per heavy atom. The number of hydrogen-bond acceptors (Lipinski definition) is 5. The van der Waals surface area contributed by atoms with Crippen LogP contribution in [0.15, 0.2) is 21.9 Å². The van der Waals surface area contributed by atoms with E-state index in [-0.39, 0.29) is 11.9 Å². The molecular weight excluding hydrogens is 324 g/mol. The number of rotatable bonds is 5. The summed E-state index contributed by atoms with van der Waals surface area (Å²) in [5.74, 6) is 2.27. The average molecular weight is 346 g/mol. The van der Waals surface area contributed by atoms with Gasteiger partial charge in [0.25, 0.3) is 0 Å². The van der Waals surface area contributed by atoms with E-state index in [1.807, 2.05) is 29.3 Å². The van der Waals surface area contributed by atoms with Gasteiger partial charge in [-0.05, 0) is 30.7 Å². The van der Waals surface area contributed by atoms with Gasteiger partial charge in [-0.25, -0.2) is 4.98 Å². The highest BCUT2D eigenvalue weighted by atomic mass is 32.1. The van der Waals surface area contributed by atoms with Gasteiger partial charge in [0.1, 0.15) is 5.76 Å². The molecule has 6 heteroatoms. The van der Waals surface area contributed by atoms with E-state index in [4.69, 9.17) is 9.15 Å². The highest BCUT2D eigenvalue weighted by Gasteiger charge is 2.33. The molecule has 0 spiro atoms. The SMILES string of the molecule is Cc1oc(-c2cccs2)nc1CC(=O)N1CCOCC1CC1CC1. The summed E-state index contributed by atoms with van der Waals surface area (Å²) < 4.78 is 11.3. The van der Waals surface area contributed by atoms with Crippen molar-refractivity contribution >= 4 is 17.2 Å². The molecule has 3 heterocycles. The second-order valence-corrected chi connectivity index (χ2v) is 7.62. The van der Waals surface area contributed by atoms with Crippen LogP contribution in [0.25, 0.3) is 10.8 Å². The fourth-order valence-electron chi connectivity index (χ4n) is 3.26. The third kappa shape index (κ3) is 3.39. The van der Waals surface area contributed by atoms with Crippen LogP contribution in [0.1, 0.15) is 30.7 Å². The summed E-state index contributed by atoms with van der Waals surface area (Å²) in [5, 5.41) is 2.00. The Kier molecular flexibility index (Phi) is 4.41. The van der Waals surface area contributed by atoms with Crippen LogP contribution in [0.4, 0.5) is 0 Å². The van der Waals surface area contributed by atoms with Crippen LogP contribution < -0.4 is 0 Å². The zero-order chi connectivity index (χ0) is 16.5. The molecule has 1 aliphatic heterocycles. The first kappa shape index (κ1) is 15.8. The number of carbonyl (C=O) groups is 1. The predicted octanol–water partition coefficient (Wildman–Crippen LogP) is 3.28. The van der Waals surface area contributed by atoms with Crippen LogP contribution in [0.3, 0.4) is 0 Å². The topological polar surface area (TPSA) is 55.6 Å². The Hall–Kier alpha value is -1.66. The molecule has 0 bridgehead atoms. The molecule has 2 aromatic heterocycles. The van der Waals surface area contributed by atoms with Gasteiger partial charge < -0.3 is 14.1 Å². The Balaban J connectivity index is 1.46. The molecule has 4 rings (SSSR count). The molecule has 1 saturated carbocycles. The Bertz CT molecular complexity index is 706. The molecule has 0 N–H and O–H groups in total. The zero-order valence-corrected chi connectivity index (χ0v) is 14.7. The van der Waals surface area contributed by atoms with Gasteiger partial charge in [-0.2, -0.15) is 0 Å². The van der Waals surface area contributed by atoms with Crippen molar-refractivity contribution in [2.45, 2.75) is 38.6 Å². The van der Waals surface area contributed by atoms with E-state index < -0.39 is 0 Å². The standard InChI is InChI=1S/C18H22N2O3S/c1-12-15(19-18(23-12)16-3-2-8-24-16)10-17(21)20-6-7-22-11-14(20)9-13-4-5-13/h2-3,8,13-14H,4-7,9-11H2,1H3. The van der Waals surface area contributed by atoms with Crippen molar-refractivity contribution in [3.05, 3.63) is 29.0 Å². The summed E-state index contributed by atoms with van der Waals surface area (Å²) in [4.78, 5) is 20.4. The molecule has 1 atom stereocenters. The second-order valence-electron chi connectivity index (χ2n) is 6.67. The predicted molar refractivity (Wildman–Crippen MR) is 91.9 cm³/mol. The quantitative estimate of drug-likeness (QED) is 0.834. The van der Waals surface area contributed by atoms with Gasteiger partial charge in [0, 0.05) is 6.54 Å². The number of morpholine rings is 1. The highest BCUT2D eigenvalue weighted by molar-refractivity contribution is 7.13. The van der Waals surface area contributed by atoms with Gasteiger partial charge in [0.05, 0.1) is 36.2 Å². The number of oxazole rings is 1. The lowest BCUT2D eigenvalue weighted by atomic mass is 10.1. The summed E-state index contributed by atoms with van der Waals surface area (Å²) in [6.45, 7) is 3.87. The first-order valence-electron chi connectivity index (χ1n) is 8.58. The zero-order valence-electron chi connectivity index (χ0n) is 13.9. The number of thiophene rings is 1. The number of amides is 1. The van der Waals surface area contributed by atoms with Crippen LogP contribution in [-0.2, 0) is 16.0 Å². The summed E-state index contributed by atoms with van der Waals surface area (Å²) in [7, 11) is 0. The van der Waals surface area contributed by atoms with Crippen molar-refractivity contribution in [2.75, 3.05) is 19.8 Å². The Morgan fingerprint density at radius 1 is 1.46 bits per heavy atom. The summed E-state index contributed by atoms with van der Waals surface area (Å²) in [6, 6.07) is 4.18. The van der Waals surface area contributed by atoms with Crippen molar-refractivity contribution in [3.8, 4) is 10.8 Å². The van der Waals surface area contributed by atoms with Crippen LogP contribution in [0.2, 0.25) is 0 Å². The molecule has 24 heavy (non-hydrogen) atoms. The summed E-state index contributed by atoms with van der Waals surface area (Å²) >= 11 is 1.59. The van der Waals surface area contributed by atoms with E-state index in [9.17, 15) is 4.79 Å². The first-order valence-corrected chi connectivity index (χ1v) is 9.46. The minimum atomic E-state index is 0.137. The third-order valence-electron chi connectivity index (χ3n) is 4.79. The van der Waals surface area contributed by atoms with Gasteiger partial charge in [-0.1, -0.05) is 18.9 Å². The van der Waals surface area contributed by atoms with Crippen LogP contribution in [0.5, 0.6) is 0 Å². The van der Waals surface area contributed by atoms with Gasteiger partial charge >= 0.3 is 0 Å². The normalized spacial score (nSPS) is 21.2. The summed E-state index contributed by atoms with van der Waals surface area (Å²) in [5.41, 5.74) is 0.750. The smallest absolute Gasteiger partial charge is 0.236 e. The lowest BCUT2D eigenvalue weighted by molar-refractivity contribution is -0.139. The minimum Gasteiger partial charge on any atom is -0.440 e. The fourth-order valence-corrected chi connectivity index (χ4v) is 3.91. The van der Waals surface area contributed by atoms with Crippen molar-refractivity contribution in [3.63, 3.8) is 0 Å². The van der Waals surface area contributed by atoms with E-state index in [2.05, 4.69) is 4.98 Å². The van der Waals surface area contributed by atoms with Gasteiger partial charge in [-0.3, -0.25) is 4.79 Å². The van der Waals surface area contributed by atoms with Crippen LogP contribution >= 0.6 is 11.3 Å². The lowest BCUT2D eigenvalue weighted by Crippen LogP contribution is -2.49. The number of carbonyl (C=O) groups excluding carboxylic acids is 1. The van der Waals surface area contributed by atoms with E-state index in [1.165, 1.54) is 12.8 Å². The molecule has 128 valence electrons. The molecule has 1 unspecified atom stereocenters. The van der Waals surface area contributed by atoms with E-state index in [0.29, 0.717) is 32.1 Å². The van der Waals surface area contributed by atoms with Gasteiger partial charge in [0.15, 0.2) is 0 Å². The first-order chi connectivity index (χ1) is 11.7. The number of nitrogens with zero attached hydrogens (tertiary/aromatic N) is 2. The molecule has 0 radical (unpaired) electrons. The minimum absolute atomic E-state index is 0.137. The Labute approximate surface area is 145 Å². The van der Waals surface area contributed by atoms with Crippen molar-refractivity contribution in [1.29, 1.82) is 0 Å². The maximum absolute atomic E-state index is 12.8. The summed E-state index contributed by atoms with van der Waals surface area (Å²) in [6.07, 6.45) is 3.97. The van der Waals surface area contributed by atoms with Crippen molar-refractivity contribution < 1.29 is 13.9 Å². The maximum atomic E-state index is 12.8. The average Bonchev–Trinajstić information content (AvgIpc) is 3.09. The largest absolute Gasteiger partial charge is 0.440 e. The highest BCUT2D eigenvalue weighted by Crippen LogP contribution is 2.35. The maximum Gasteiger partial charge on any atom is 0.236 e. The molecule has 1 amide bonds. The van der Waals surface area contributed by atoms with E-state index in [0.717, 1.165) is 28.7 Å². The van der Waals surface area contributed by atoms with Gasteiger partial charge in [-0.15, -0.1) is 11.3 Å². The number of aryl methyl sites for hydroxylation is 1. The van der Waals surface area contributed by atoms with Crippen molar-refractivity contribution in [2.24, 2.45) is 5.92 Å². The lowest BCUT2D eigenvalue weighted by Gasteiger charge is -2.35. The molecular formula is C18H22N2O3S. The molecule has 2 aromatic rings. The molecule has 2 aliphatic rings. The van der Waals surface area contributed by atoms with E-state index in [1.54, 1.807) is 11.3 Å². The monoisotopic (exact) mass is 346 g/mol. The van der Waals surface area contributed by atoms with Crippen LogP contribution in [0, 0.1) is 12.8 Å².